The number of thioether (sulfide) groups is 1. The maximum absolute atomic E-state index is 5.17. The lowest BCUT2D eigenvalue weighted by Crippen LogP contribution is -2.46. The van der Waals surface area contributed by atoms with Crippen LogP contribution in [0.3, 0.4) is 0 Å². The summed E-state index contributed by atoms with van der Waals surface area (Å²) in [6.45, 7) is 4.78. The molecule has 1 saturated heterocycles. The summed E-state index contributed by atoms with van der Waals surface area (Å²) in [5, 5.41) is 10.8. The summed E-state index contributed by atoms with van der Waals surface area (Å²) < 4.78 is 5.17. The van der Waals surface area contributed by atoms with Gasteiger partial charge in [0.25, 0.3) is 0 Å². The molecular formula is C14H24N4OS. The van der Waals surface area contributed by atoms with Crippen molar-refractivity contribution in [3.05, 3.63) is 17.0 Å². The summed E-state index contributed by atoms with van der Waals surface area (Å²) in [6.07, 6.45) is 3.43. The second-order valence-corrected chi connectivity index (χ2v) is 6.26. The Morgan fingerprint density at radius 2 is 2.35 bits per heavy atom. The van der Waals surface area contributed by atoms with Gasteiger partial charge in [0, 0.05) is 31.0 Å². The van der Waals surface area contributed by atoms with Crippen molar-refractivity contribution < 1.29 is 4.52 Å². The Labute approximate surface area is 125 Å². The Kier molecular flexibility index (Phi) is 5.76. The van der Waals surface area contributed by atoms with Crippen LogP contribution in [0, 0.1) is 13.8 Å². The Morgan fingerprint density at radius 3 is 2.95 bits per heavy atom. The van der Waals surface area contributed by atoms with Crippen molar-refractivity contribution in [2.75, 3.05) is 25.1 Å². The van der Waals surface area contributed by atoms with Gasteiger partial charge in [0.15, 0.2) is 5.96 Å². The second kappa shape index (κ2) is 7.57. The Balaban J connectivity index is 1.76. The molecule has 112 valence electrons. The molecule has 2 heterocycles. The van der Waals surface area contributed by atoms with Crippen LogP contribution >= 0.6 is 11.8 Å². The van der Waals surface area contributed by atoms with Gasteiger partial charge in [0.1, 0.15) is 5.76 Å². The fraction of sp³-hybridized carbons (Fsp3) is 0.714. The highest BCUT2D eigenvalue weighted by Gasteiger charge is 2.15. The van der Waals surface area contributed by atoms with E-state index in [1.165, 1.54) is 29.9 Å². The quantitative estimate of drug-likeness (QED) is 0.656. The van der Waals surface area contributed by atoms with Crippen molar-refractivity contribution in [1.82, 2.24) is 15.8 Å². The number of hydrogen-bond donors (Lipinski definition) is 2. The topological polar surface area (TPSA) is 62.5 Å². The first-order valence-electron chi connectivity index (χ1n) is 7.17. The molecule has 0 aliphatic carbocycles. The SMILES string of the molecule is CN=C(NCCc1c(C)noc1C)NC1CCCSC1. The van der Waals surface area contributed by atoms with E-state index in [-0.39, 0.29) is 0 Å². The van der Waals surface area contributed by atoms with Gasteiger partial charge in [0.05, 0.1) is 5.69 Å². The Morgan fingerprint density at radius 1 is 1.50 bits per heavy atom. The predicted molar refractivity (Wildman–Crippen MR) is 84.5 cm³/mol. The molecule has 0 bridgehead atoms. The van der Waals surface area contributed by atoms with E-state index in [4.69, 9.17) is 4.52 Å². The number of hydrogen-bond acceptors (Lipinski definition) is 4. The summed E-state index contributed by atoms with van der Waals surface area (Å²) in [7, 11) is 1.82. The number of aromatic nitrogens is 1. The average molecular weight is 296 g/mol. The maximum atomic E-state index is 5.17. The van der Waals surface area contributed by atoms with Crippen LogP contribution in [-0.2, 0) is 6.42 Å². The molecule has 0 spiro atoms. The molecule has 0 amide bonds. The van der Waals surface area contributed by atoms with E-state index in [9.17, 15) is 0 Å². The molecule has 2 rings (SSSR count). The fourth-order valence-corrected chi connectivity index (χ4v) is 3.48. The third kappa shape index (κ3) is 4.16. The third-order valence-electron chi connectivity index (χ3n) is 3.57. The van der Waals surface area contributed by atoms with Gasteiger partial charge >= 0.3 is 0 Å². The van der Waals surface area contributed by atoms with E-state index in [0.29, 0.717) is 6.04 Å². The summed E-state index contributed by atoms with van der Waals surface area (Å²) in [6, 6.07) is 0.541. The maximum Gasteiger partial charge on any atom is 0.191 e. The molecule has 5 nitrogen and oxygen atoms in total. The van der Waals surface area contributed by atoms with Crippen LogP contribution in [0.1, 0.15) is 29.9 Å². The van der Waals surface area contributed by atoms with Crippen LogP contribution in [0.5, 0.6) is 0 Å². The monoisotopic (exact) mass is 296 g/mol. The van der Waals surface area contributed by atoms with Crippen molar-refractivity contribution in [3.8, 4) is 0 Å². The molecule has 1 aliphatic rings. The minimum absolute atomic E-state index is 0.541. The molecule has 2 N–H and O–H groups in total. The molecule has 0 radical (unpaired) electrons. The first-order chi connectivity index (χ1) is 9.70. The number of nitrogens with zero attached hydrogens (tertiary/aromatic N) is 2. The van der Waals surface area contributed by atoms with Gasteiger partial charge in [-0.25, -0.2) is 0 Å². The lowest BCUT2D eigenvalue weighted by molar-refractivity contribution is 0.392. The zero-order valence-electron chi connectivity index (χ0n) is 12.5. The second-order valence-electron chi connectivity index (χ2n) is 5.11. The van der Waals surface area contributed by atoms with E-state index in [1.54, 1.807) is 0 Å². The highest BCUT2D eigenvalue weighted by atomic mass is 32.2. The lowest BCUT2D eigenvalue weighted by atomic mass is 10.1. The first-order valence-corrected chi connectivity index (χ1v) is 8.33. The zero-order valence-corrected chi connectivity index (χ0v) is 13.3. The normalized spacial score (nSPS) is 19.9. The van der Waals surface area contributed by atoms with Crippen molar-refractivity contribution in [3.63, 3.8) is 0 Å². The largest absolute Gasteiger partial charge is 0.361 e. The standard InChI is InChI=1S/C14H24N4OS/c1-10-13(11(2)19-18-10)6-7-16-14(15-3)17-12-5-4-8-20-9-12/h12H,4-9H2,1-3H3,(H2,15,16,17). The molecule has 1 aromatic rings. The summed E-state index contributed by atoms with van der Waals surface area (Å²) in [5.74, 6) is 4.26. The highest BCUT2D eigenvalue weighted by Crippen LogP contribution is 2.16. The van der Waals surface area contributed by atoms with Gasteiger partial charge in [-0.2, -0.15) is 11.8 Å². The lowest BCUT2D eigenvalue weighted by Gasteiger charge is -2.24. The Hall–Kier alpha value is -1.17. The van der Waals surface area contributed by atoms with E-state index in [1.807, 2.05) is 32.7 Å². The van der Waals surface area contributed by atoms with Crippen LogP contribution in [0.15, 0.2) is 9.52 Å². The van der Waals surface area contributed by atoms with E-state index in [0.717, 1.165) is 30.4 Å². The van der Waals surface area contributed by atoms with Crippen LogP contribution in [0.4, 0.5) is 0 Å². The molecular weight excluding hydrogens is 272 g/mol. The van der Waals surface area contributed by atoms with Crippen molar-refractivity contribution in [2.24, 2.45) is 4.99 Å². The molecule has 6 heteroatoms. The first kappa shape index (κ1) is 15.2. The molecule has 0 aromatic carbocycles. The van der Waals surface area contributed by atoms with Crippen molar-refractivity contribution in [2.45, 2.75) is 39.2 Å². The van der Waals surface area contributed by atoms with Gasteiger partial charge in [-0.05, 0) is 38.9 Å². The third-order valence-corrected chi connectivity index (χ3v) is 4.79. The van der Waals surface area contributed by atoms with Crippen LogP contribution < -0.4 is 10.6 Å². The van der Waals surface area contributed by atoms with Gasteiger partial charge in [-0.15, -0.1) is 0 Å². The van der Waals surface area contributed by atoms with E-state index in [2.05, 4.69) is 20.8 Å². The summed E-state index contributed by atoms with van der Waals surface area (Å²) in [5.41, 5.74) is 2.18. The molecule has 20 heavy (non-hydrogen) atoms. The van der Waals surface area contributed by atoms with E-state index < -0.39 is 0 Å². The van der Waals surface area contributed by atoms with Gasteiger partial charge < -0.3 is 15.2 Å². The van der Waals surface area contributed by atoms with Gasteiger partial charge in [-0.1, -0.05) is 5.16 Å². The number of aryl methyl sites for hydroxylation is 2. The van der Waals surface area contributed by atoms with Crippen molar-refractivity contribution in [1.29, 1.82) is 0 Å². The number of guanidine groups is 1. The van der Waals surface area contributed by atoms with Crippen LogP contribution in [0.25, 0.3) is 0 Å². The van der Waals surface area contributed by atoms with Crippen molar-refractivity contribution >= 4 is 17.7 Å². The van der Waals surface area contributed by atoms with Crippen LogP contribution in [0.2, 0.25) is 0 Å². The van der Waals surface area contributed by atoms with Crippen LogP contribution in [-0.4, -0.2) is 42.3 Å². The molecule has 1 aromatic heterocycles. The number of aliphatic imine (C=N–C) groups is 1. The highest BCUT2D eigenvalue weighted by molar-refractivity contribution is 7.99. The zero-order chi connectivity index (χ0) is 14.4. The molecule has 1 unspecified atom stereocenters. The average Bonchev–Trinajstić information content (AvgIpc) is 2.79. The fourth-order valence-electron chi connectivity index (χ4n) is 2.41. The predicted octanol–water partition coefficient (Wildman–Crippen LogP) is 1.89. The van der Waals surface area contributed by atoms with E-state index >= 15 is 0 Å². The molecule has 1 aliphatic heterocycles. The number of nitrogens with one attached hydrogen (secondary N) is 2. The Bertz CT molecular complexity index is 433. The van der Waals surface area contributed by atoms with Gasteiger partial charge in [0.2, 0.25) is 0 Å². The smallest absolute Gasteiger partial charge is 0.191 e. The molecule has 0 saturated carbocycles. The summed E-state index contributed by atoms with van der Waals surface area (Å²) >= 11 is 2.02. The minimum atomic E-state index is 0.541. The molecule has 1 fully saturated rings. The van der Waals surface area contributed by atoms with Gasteiger partial charge in [-0.3, -0.25) is 4.99 Å². The molecule has 1 atom stereocenters. The summed E-state index contributed by atoms with van der Waals surface area (Å²) in [4.78, 5) is 4.29. The number of rotatable bonds is 4. The minimum Gasteiger partial charge on any atom is -0.361 e.